The fraction of sp³-hybridized carbons (Fsp3) is 0.571. The van der Waals surface area contributed by atoms with E-state index < -0.39 is 0 Å². The van der Waals surface area contributed by atoms with Crippen LogP contribution in [0.2, 0.25) is 0 Å². The molecule has 3 heteroatoms. The smallest absolute Gasteiger partial charge is 0.119 e. The van der Waals surface area contributed by atoms with Crippen molar-refractivity contribution in [1.29, 1.82) is 0 Å². The Hall–Kier alpha value is -1.22. The van der Waals surface area contributed by atoms with Gasteiger partial charge in [-0.15, -0.1) is 0 Å². The maximum Gasteiger partial charge on any atom is 0.119 e. The third-order valence-corrected chi connectivity index (χ3v) is 3.30. The summed E-state index contributed by atoms with van der Waals surface area (Å²) >= 11 is 0. The number of ether oxygens (including phenoxy) is 1. The van der Waals surface area contributed by atoms with Gasteiger partial charge in [-0.1, -0.05) is 13.3 Å². The fourth-order valence-corrected chi connectivity index (χ4v) is 1.83. The van der Waals surface area contributed by atoms with E-state index in [2.05, 4.69) is 31.0 Å². The highest BCUT2D eigenvalue weighted by atomic mass is 16.5. The molecule has 0 aliphatic carbocycles. The lowest BCUT2D eigenvalue weighted by atomic mass is 10.0. The summed E-state index contributed by atoms with van der Waals surface area (Å²) in [5.74, 6) is 1.53. The third-order valence-electron chi connectivity index (χ3n) is 3.30. The number of methoxy groups -OCH3 is 1. The molecule has 0 fully saturated rings. The van der Waals surface area contributed by atoms with Crippen molar-refractivity contribution in [2.24, 2.45) is 11.7 Å². The fourth-order valence-electron chi connectivity index (χ4n) is 1.83. The molecular weight excluding hydrogens is 212 g/mol. The van der Waals surface area contributed by atoms with Crippen molar-refractivity contribution in [3.05, 3.63) is 24.3 Å². The van der Waals surface area contributed by atoms with Gasteiger partial charge in [0.2, 0.25) is 0 Å². The summed E-state index contributed by atoms with van der Waals surface area (Å²) in [5, 5.41) is 0. The number of anilines is 1. The van der Waals surface area contributed by atoms with Crippen molar-refractivity contribution in [2.75, 3.05) is 32.1 Å². The number of rotatable bonds is 7. The predicted molar refractivity (Wildman–Crippen MR) is 73.7 cm³/mol. The Morgan fingerprint density at radius 1 is 1.29 bits per heavy atom. The summed E-state index contributed by atoms with van der Waals surface area (Å²) in [5.41, 5.74) is 6.93. The molecule has 0 radical (unpaired) electrons. The molecule has 0 bridgehead atoms. The Bertz CT molecular complexity index is 307. The van der Waals surface area contributed by atoms with Crippen molar-refractivity contribution in [1.82, 2.24) is 0 Å². The molecule has 0 aliphatic rings. The van der Waals surface area contributed by atoms with Gasteiger partial charge in [-0.25, -0.2) is 0 Å². The van der Waals surface area contributed by atoms with Gasteiger partial charge in [-0.05, 0) is 43.1 Å². The summed E-state index contributed by atoms with van der Waals surface area (Å²) in [7, 11) is 3.80. The molecule has 1 rings (SSSR count). The van der Waals surface area contributed by atoms with E-state index in [0.717, 1.165) is 31.7 Å². The van der Waals surface area contributed by atoms with Crippen LogP contribution in [0, 0.1) is 5.92 Å². The molecule has 0 saturated heterocycles. The van der Waals surface area contributed by atoms with E-state index in [1.807, 2.05) is 12.1 Å². The number of nitrogens with zero attached hydrogens (tertiary/aromatic N) is 1. The standard InChI is InChI=1S/C14H24N2O/c1-4-12(11-15)9-10-16(2)13-5-7-14(17-3)8-6-13/h5-8,12H,4,9-11,15H2,1-3H3. The van der Waals surface area contributed by atoms with Gasteiger partial charge in [-0.2, -0.15) is 0 Å². The highest BCUT2D eigenvalue weighted by Gasteiger charge is 2.06. The predicted octanol–water partition coefficient (Wildman–Crippen LogP) is 2.51. The van der Waals surface area contributed by atoms with Gasteiger partial charge < -0.3 is 15.4 Å². The van der Waals surface area contributed by atoms with Crippen LogP contribution < -0.4 is 15.4 Å². The summed E-state index contributed by atoms with van der Waals surface area (Å²) in [6, 6.07) is 8.16. The molecule has 2 N–H and O–H groups in total. The summed E-state index contributed by atoms with van der Waals surface area (Å²) in [4.78, 5) is 2.26. The first-order valence-corrected chi connectivity index (χ1v) is 6.26. The maximum absolute atomic E-state index is 5.71. The zero-order valence-electron chi connectivity index (χ0n) is 11.1. The monoisotopic (exact) mass is 236 g/mol. The Morgan fingerprint density at radius 3 is 2.41 bits per heavy atom. The molecule has 1 aromatic rings. The minimum atomic E-state index is 0.635. The van der Waals surface area contributed by atoms with E-state index in [1.54, 1.807) is 7.11 Å². The van der Waals surface area contributed by atoms with Crippen molar-refractivity contribution in [3.8, 4) is 5.75 Å². The van der Waals surface area contributed by atoms with Crippen LogP contribution in [0.5, 0.6) is 5.75 Å². The quantitative estimate of drug-likeness (QED) is 0.790. The average molecular weight is 236 g/mol. The van der Waals surface area contributed by atoms with Crippen LogP contribution in [0.1, 0.15) is 19.8 Å². The molecule has 0 amide bonds. The van der Waals surface area contributed by atoms with Crippen LogP contribution in [0.4, 0.5) is 5.69 Å². The molecule has 17 heavy (non-hydrogen) atoms. The number of hydrogen-bond acceptors (Lipinski definition) is 3. The largest absolute Gasteiger partial charge is 0.497 e. The summed E-state index contributed by atoms with van der Waals surface area (Å²) in [6.45, 7) is 4.03. The van der Waals surface area contributed by atoms with Gasteiger partial charge in [-0.3, -0.25) is 0 Å². The van der Waals surface area contributed by atoms with Crippen molar-refractivity contribution < 1.29 is 4.74 Å². The lowest BCUT2D eigenvalue weighted by molar-refractivity contribution is 0.415. The number of hydrogen-bond donors (Lipinski definition) is 1. The van der Waals surface area contributed by atoms with Crippen molar-refractivity contribution in [3.63, 3.8) is 0 Å². The molecular formula is C14H24N2O. The topological polar surface area (TPSA) is 38.5 Å². The summed E-state index contributed by atoms with van der Waals surface area (Å²) in [6.07, 6.45) is 2.31. The molecule has 0 heterocycles. The Kier molecular flexibility index (Phi) is 5.84. The van der Waals surface area contributed by atoms with E-state index in [1.165, 1.54) is 5.69 Å². The second-order valence-corrected chi connectivity index (χ2v) is 4.42. The number of nitrogens with two attached hydrogens (primary N) is 1. The van der Waals surface area contributed by atoms with Gasteiger partial charge in [0.05, 0.1) is 7.11 Å². The van der Waals surface area contributed by atoms with E-state index in [4.69, 9.17) is 10.5 Å². The van der Waals surface area contributed by atoms with Crippen LogP contribution in [0.25, 0.3) is 0 Å². The van der Waals surface area contributed by atoms with Crippen LogP contribution in [-0.4, -0.2) is 27.2 Å². The van der Waals surface area contributed by atoms with Crippen LogP contribution in [-0.2, 0) is 0 Å². The third kappa shape index (κ3) is 4.27. The van der Waals surface area contributed by atoms with E-state index in [9.17, 15) is 0 Å². The van der Waals surface area contributed by atoms with Gasteiger partial charge >= 0.3 is 0 Å². The molecule has 0 saturated carbocycles. The normalized spacial score (nSPS) is 12.2. The zero-order valence-corrected chi connectivity index (χ0v) is 11.1. The second-order valence-electron chi connectivity index (χ2n) is 4.42. The second kappa shape index (κ2) is 7.17. The molecule has 1 atom stereocenters. The molecule has 1 unspecified atom stereocenters. The highest BCUT2D eigenvalue weighted by Crippen LogP contribution is 2.19. The first-order chi connectivity index (χ1) is 8.21. The van der Waals surface area contributed by atoms with E-state index >= 15 is 0 Å². The molecule has 1 aromatic carbocycles. The molecule has 0 spiro atoms. The van der Waals surface area contributed by atoms with Crippen molar-refractivity contribution >= 4 is 5.69 Å². The van der Waals surface area contributed by atoms with E-state index in [-0.39, 0.29) is 0 Å². The van der Waals surface area contributed by atoms with Gasteiger partial charge in [0.15, 0.2) is 0 Å². The van der Waals surface area contributed by atoms with E-state index in [0.29, 0.717) is 5.92 Å². The van der Waals surface area contributed by atoms with Crippen molar-refractivity contribution in [2.45, 2.75) is 19.8 Å². The lowest BCUT2D eigenvalue weighted by Gasteiger charge is -2.22. The SMILES string of the molecule is CCC(CN)CCN(C)c1ccc(OC)cc1. The Labute approximate surface area is 105 Å². The van der Waals surface area contributed by atoms with Gasteiger partial charge in [0.1, 0.15) is 5.75 Å². The Balaban J connectivity index is 2.48. The molecule has 3 nitrogen and oxygen atoms in total. The lowest BCUT2D eigenvalue weighted by Crippen LogP contribution is -2.23. The minimum Gasteiger partial charge on any atom is -0.497 e. The average Bonchev–Trinajstić information content (AvgIpc) is 2.39. The van der Waals surface area contributed by atoms with Crippen LogP contribution in [0.3, 0.4) is 0 Å². The molecule has 0 aromatic heterocycles. The van der Waals surface area contributed by atoms with Gasteiger partial charge in [0, 0.05) is 19.3 Å². The molecule has 0 aliphatic heterocycles. The van der Waals surface area contributed by atoms with Crippen LogP contribution in [0.15, 0.2) is 24.3 Å². The van der Waals surface area contributed by atoms with Crippen LogP contribution >= 0.6 is 0 Å². The first-order valence-electron chi connectivity index (χ1n) is 6.26. The first kappa shape index (κ1) is 13.8. The number of benzene rings is 1. The van der Waals surface area contributed by atoms with Gasteiger partial charge in [0.25, 0.3) is 0 Å². The Morgan fingerprint density at radius 2 is 1.94 bits per heavy atom. The zero-order chi connectivity index (χ0) is 12.7. The minimum absolute atomic E-state index is 0.635. The summed E-state index contributed by atoms with van der Waals surface area (Å²) < 4.78 is 5.15. The maximum atomic E-state index is 5.71. The molecule has 96 valence electrons. The highest BCUT2D eigenvalue weighted by molar-refractivity contribution is 5.48.